The quantitative estimate of drug-likeness (QED) is 0.271. The van der Waals surface area contributed by atoms with E-state index in [1.54, 1.807) is 0 Å². The van der Waals surface area contributed by atoms with Crippen LogP contribution in [0.1, 0.15) is 76.7 Å². The van der Waals surface area contributed by atoms with Crippen LogP contribution in [0.15, 0.2) is 30.3 Å². The molecule has 0 amide bonds. The Morgan fingerprint density at radius 3 is 1.67 bits per heavy atom. The Balaban J connectivity index is 0.000000636. The van der Waals surface area contributed by atoms with Crippen molar-refractivity contribution >= 4 is 0 Å². The van der Waals surface area contributed by atoms with E-state index in [4.69, 9.17) is 10.2 Å². The molecule has 0 aliphatic rings. The van der Waals surface area contributed by atoms with Gasteiger partial charge in [0.25, 0.3) is 0 Å². The predicted molar refractivity (Wildman–Crippen MR) is 111 cm³/mol. The molecule has 158 valence electrons. The maximum atomic E-state index is 8.15. The maximum Gasteiger partial charge on any atom is 0.0940 e. The van der Waals surface area contributed by atoms with E-state index in [1.807, 2.05) is 0 Å². The molecule has 27 heavy (non-hydrogen) atoms. The topological polar surface area (TPSA) is 71.0 Å². The highest BCUT2D eigenvalue weighted by Gasteiger charge is 1.94. The van der Waals surface area contributed by atoms with Crippen molar-refractivity contribution in [2.45, 2.75) is 77.6 Å². The summed E-state index contributed by atoms with van der Waals surface area (Å²) < 4.78 is 0. The summed E-state index contributed by atoms with van der Waals surface area (Å²) in [6.45, 7) is 2.51. The Morgan fingerprint density at radius 2 is 1.19 bits per heavy atom. The number of hydrogen-bond donors (Lipinski definition) is 3. The largest absolute Gasteiger partial charge is 0.394 e. The van der Waals surface area contributed by atoms with E-state index in [2.05, 4.69) is 52.6 Å². The van der Waals surface area contributed by atoms with Crippen LogP contribution in [-0.2, 0) is 16.1 Å². The molecule has 0 spiro atoms. The minimum absolute atomic E-state index is 0.0600. The summed E-state index contributed by atoms with van der Waals surface area (Å²) in [5.41, 5.74) is 3.56. The van der Waals surface area contributed by atoms with Crippen LogP contribution in [-0.4, -0.2) is 36.6 Å². The first-order valence-corrected chi connectivity index (χ1v) is 10.6. The van der Waals surface area contributed by atoms with E-state index in [0.29, 0.717) is 0 Å². The van der Waals surface area contributed by atoms with Crippen molar-refractivity contribution in [2.24, 2.45) is 0 Å². The van der Waals surface area contributed by atoms with Crippen molar-refractivity contribution in [3.8, 4) is 0 Å². The van der Waals surface area contributed by atoms with Gasteiger partial charge >= 0.3 is 0 Å². The van der Waals surface area contributed by atoms with Gasteiger partial charge in [-0.1, -0.05) is 101 Å². The smallest absolute Gasteiger partial charge is 0.0940 e. The molecule has 0 saturated carbocycles. The van der Waals surface area contributed by atoms with Gasteiger partial charge in [-0.25, -0.2) is 0 Å². The molecule has 0 aliphatic heterocycles. The summed E-state index contributed by atoms with van der Waals surface area (Å²) in [6, 6.07) is 10.9. The van der Waals surface area contributed by atoms with E-state index >= 15 is 0 Å². The molecule has 0 fully saturated rings. The normalized spacial score (nSPS) is 10.5. The lowest BCUT2D eigenvalue weighted by Gasteiger charge is -2.03. The number of hydrogen-bond acceptors (Lipinski definition) is 5. The van der Waals surface area contributed by atoms with E-state index in [0.717, 1.165) is 0 Å². The number of unbranched alkanes of at least 4 members (excludes halogenated alkanes) is 9. The second-order valence-corrected chi connectivity index (χ2v) is 6.65. The number of benzene rings is 1. The zero-order valence-electron chi connectivity index (χ0n) is 17.2. The molecule has 0 saturated heterocycles. The lowest BCUT2D eigenvalue weighted by molar-refractivity contribution is -0.178. The van der Waals surface area contributed by atoms with Gasteiger partial charge in [-0.2, -0.15) is 0 Å². The van der Waals surface area contributed by atoms with Crippen LogP contribution in [0.5, 0.6) is 0 Å². The maximum absolute atomic E-state index is 8.15. The predicted octanol–water partition coefficient (Wildman–Crippen LogP) is 4.57. The Hall–Kier alpha value is -0.980. The number of aliphatic hydroxyl groups is 2. The highest BCUT2D eigenvalue weighted by Crippen LogP contribution is 2.12. The zero-order chi connectivity index (χ0) is 19.8. The van der Waals surface area contributed by atoms with Crippen LogP contribution >= 0.6 is 0 Å². The SMILES string of the molecule is CCCCCCCCCCCCc1ccccc1.OCCONOCCO. The summed E-state index contributed by atoms with van der Waals surface area (Å²) >= 11 is 0. The summed E-state index contributed by atoms with van der Waals surface area (Å²) in [5, 5.41) is 16.3. The monoisotopic (exact) mass is 383 g/mol. The molecule has 0 aliphatic carbocycles. The summed E-state index contributed by atoms with van der Waals surface area (Å²) in [7, 11) is 0. The van der Waals surface area contributed by atoms with Crippen molar-refractivity contribution in [1.82, 2.24) is 5.64 Å². The highest BCUT2D eigenvalue weighted by atomic mass is 16.9. The Bertz CT molecular complexity index is 370. The standard InChI is InChI=1S/C18H30.C4H11NO4/c1-2-3-4-5-6-7-8-9-10-12-15-18-16-13-11-14-17-18;6-1-3-8-5-9-4-2-7/h11,13-14,16-17H,2-10,12,15H2,1H3;5-7H,1-4H2. The highest BCUT2D eigenvalue weighted by molar-refractivity contribution is 5.14. The summed E-state index contributed by atoms with van der Waals surface area (Å²) in [6.07, 6.45) is 15.5. The number of rotatable bonds is 17. The van der Waals surface area contributed by atoms with E-state index in [-0.39, 0.29) is 26.4 Å². The van der Waals surface area contributed by atoms with Gasteiger partial charge in [0.1, 0.15) is 0 Å². The minimum atomic E-state index is -0.0600. The molecule has 5 nitrogen and oxygen atoms in total. The van der Waals surface area contributed by atoms with E-state index in [9.17, 15) is 0 Å². The summed E-state index contributed by atoms with van der Waals surface area (Å²) in [4.78, 5) is 8.90. The molecule has 0 unspecified atom stereocenters. The van der Waals surface area contributed by atoms with Gasteiger partial charge in [0, 0.05) is 0 Å². The number of aliphatic hydroxyl groups excluding tert-OH is 2. The molecule has 3 N–H and O–H groups in total. The zero-order valence-corrected chi connectivity index (χ0v) is 17.2. The van der Waals surface area contributed by atoms with Crippen LogP contribution in [0.25, 0.3) is 0 Å². The van der Waals surface area contributed by atoms with Crippen LogP contribution in [0.3, 0.4) is 0 Å². The third-order valence-corrected chi connectivity index (χ3v) is 4.17. The molecule has 0 atom stereocenters. The van der Waals surface area contributed by atoms with Crippen molar-refractivity contribution in [3.05, 3.63) is 35.9 Å². The number of aryl methyl sites for hydroxylation is 1. The summed E-state index contributed by atoms with van der Waals surface area (Å²) in [5.74, 6) is 0. The second-order valence-electron chi connectivity index (χ2n) is 6.65. The fourth-order valence-electron chi connectivity index (χ4n) is 2.68. The molecule has 1 aromatic rings. The van der Waals surface area contributed by atoms with Gasteiger partial charge in [-0.3, -0.25) is 9.68 Å². The Morgan fingerprint density at radius 1 is 0.704 bits per heavy atom. The first-order chi connectivity index (χ1) is 13.3. The molecule has 0 heterocycles. The fraction of sp³-hybridized carbons (Fsp3) is 0.727. The molecular weight excluding hydrogens is 342 g/mol. The lowest BCUT2D eigenvalue weighted by Crippen LogP contribution is -2.19. The molecule has 0 aromatic heterocycles. The van der Waals surface area contributed by atoms with Gasteiger partial charge in [0.2, 0.25) is 0 Å². The average Bonchev–Trinajstić information content (AvgIpc) is 2.71. The molecule has 1 rings (SSSR count). The molecule has 0 bridgehead atoms. The first kappa shape index (κ1) is 26.0. The van der Waals surface area contributed by atoms with Gasteiger partial charge in [0.05, 0.1) is 26.4 Å². The minimum Gasteiger partial charge on any atom is -0.394 e. The molecule has 1 aromatic carbocycles. The third-order valence-electron chi connectivity index (χ3n) is 4.17. The lowest BCUT2D eigenvalue weighted by atomic mass is 10.0. The Kier molecular flexibility index (Phi) is 22.2. The van der Waals surface area contributed by atoms with Crippen molar-refractivity contribution < 1.29 is 19.9 Å². The van der Waals surface area contributed by atoms with Crippen LogP contribution in [0.4, 0.5) is 0 Å². The molecule has 0 radical (unpaired) electrons. The third kappa shape index (κ3) is 21.2. The van der Waals surface area contributed by atoms with Gasteiger partial charge < -0.3 is 10.2 Å². The van der Waals surface area contributed by atoms with E-state index in [1.165, 1.54) is 76.2 Å². The first-order valence-electron chi connectivity index (χ1n) is 10.6. The van der Waals surface area contributed by atoms with Crippen LogP contribution in [0, 0.1) is 0 Å². The van der Waals surface area contributed by atoms with Gasteiger partial charge in [0.15, 0.2) is 0 Å². The van der Waals surface area contributed by atoms with Gasteiger partial charge in [-0.05, 0) is 18.4 Å². The molecular formula is C22H41NO4. The van der Waals surface area contributed by atoms with Crippen LogP contribution < -0.4 is 5.64 Å². The van der Waals surface area contributed by atoms with Gasteiger partial charge in [-0.15, -0.1) is 0 Å². The average molecular weight is 384 g/mol. The van der Waals surface area contributed by atoms with Crippen LogP contribution in [0.2, 0.25) is 0 Å². The van der Waals surface area contributed by atoms with Crippen molar-refractivity contribution in [2.75, 3.05) is 26.4 Å². The Labute approximate surface area is 166 Å². The second kappa shape index (κ2) is 23.1. The van der Waals surface area contributed by atoms with E-state index < -0.39 is 0 Å². The number of nitrogens with one attached hydrogen (secondary N) is 1. The van der Waals surface area contributed by atoms with Crippen molar-refractivity contribution in [3.63, 3.8) is 0 Å². The fourth-order valence-corrected chi connectivity index (χ4v) is 2.68. The molecule has 5 heteroatoms. The van der Waals surface area contributed by atoms with Crippen molar-refractivity contribution in [1.29, 1.82) is 0 Å².